The van der Waals surface area contributed by atoms with E-state index in [2.05, 4.69) is 4.98 Å². The minimum Gasteiger partial charge on any atom is -0.362 e. The van der Waals surface area contributed by atoms with Crippen molar-refractivity contribution in [3.8, 4) is 0 Å². The molecular weight excluding hydrogens is 398 g/mol. The lowest BCUT2D eigenvalue weighted by molar-refractivity contribution is -0.138. The van der Waals surface area contributed by atoms with Crippen LogP contribution in [0.25, 0.3) is 5.57 Å². The number of amides is 2. The molecule has 0 radical (unpaired) electrons. The number of likely N-dealkylation sites (N-methyl/N-ethyl adjacent to an activating group) is 1. The molecule has 4 rings (SSSR count). The molecule has 5 heteroatoms. The Balaban J connectivity index is 1.79. The summed E-state index contributed by atoms with van der Waals surface area (Å²) in [5, 5.41) is 0. The van der Waals surface area contributed by atoms with E-state index in [1.165, 1.54) is 4.90 Å². The van der Waals surface area contributed by atoms with Crippen LogP contribution in [0.5, 0.6) is 0 Å². The summed E-state index contributed by atoms with van der Waals surface area (Å²) in [6.07, 6.45) is 1.67. The van der Waals surface area contributed by atoms with Crippen LogP contribution in [0.2, 0.25) is 0 Å². The van der Waals surface area contributed by atoms with Gasteiger partial charge in [0.2, 0.25) is 0 Å². The van der Waals surface area contributed by atoms with Crippen molar-refractivity contribution in [2.24, 2.45) is 0 Å². The second-order valence-electron chi connectivity index (χ2n) is 8.04. The Bertz CT molecular complexity index is 1170. The first-order chi connectivity index (χ1) is 15.5. The van der Waals surface area contributed by atoms with Crippen LogP contribution in [0, 0.1) is 13.8 Å². The van der Waals surface area contributed by atoms with Crippen molar-refractivity contribution in [3.63, 3.8) is 0 Å². The Morgan fingerprint density at radius 1 is 0.875 bits per heavy atom. The molecule has 2 aromatic carbocycles. The summed E-state index contributed by atoms with van der Waals surface area (Å²) >= 11 is 0. The van der Waals surface area contributed by atoms with E-state index in [-0.39, 0.29) is 18.4 Å². The first kappa shape index (κ1) is 21.5. The van der Waals surface area contributed by atoms with Gasteiger partial charge in [-0.05, 0) is 55.2 Å². The molecule has 0 saturated heterocycles. The van der Waals surface area contributed by atoms with E-state index >= 15 is 0 Å². The summed E-state index contributed by atoms with van der Waals surface area (Å²) in [7, 11) is 0. The van der Waals surface area contributed by atoms with Gasteiger partial charge in [0.15, 0.2) is 0 Å². The molecule has 0 atom stereocenters. The van der Waals surface area contributed by atoms with Gasteiger partial charge in [0, 0.05) is 19.3 Å². The maximum atomic E-state index is 13.6. The first-order valence-electron chi connectivity index (χ1n) is 10.9. The third kappa shape index (κ3) is 4.19. The number of carbonyl (C=O) groups is 2. The second kappa shape index (κ2) is 9.18. The summed E-state index contributed by atoms with van der Waals surface area (Å²) in [5.41, 5.74) is 5.70. The lowest BCUT2D eigenvalue weighted by Crippen LogP contribution is -2.35. The number of pyridine rings is 1. The number of hydrogen-bond donors (Lipinski definition) is 0. The third-order valence-corrected chi connectivity index (χ3v) is 5.90. The SMILES string of the molecule is CCN(Cc1ccccc1)C1=C(c2ccc(C)c(C)c2)C(=O)N(Cc2ccccn2)C1=O. The number of carbonyl (C=O) groups excluding carboxylic acids is 2. The molecule has 1 aliphatic rings. The van der Waals surface area contributed by atoms with Gasteiger partial charge < -0.3 is 4.90 Å². The Hall–Kier alpha value is -3.73. The van der Waals surface area contributed by atoms with Crippen molar-refractivity contribution in [3.05, 3.63) is 107 Å². The summed E-state index contributed by atoms with van der Waals surface area (Å²) in [5.74, 6) is -0.544. The molecule has 5 nitrogen and oxygen atoms in total. The van der Waals surface area contributed by atoms with Crippen LogP contribution in [-0.4, -0.2) is 33.1 Å². The lowest BCUT2D eigenvalue weighted by Gasteiger charge is -2.25. The molecule has 0 N–H and O–H groups in total. The monoisotopic (exact) mass is 425 g/mol. The standard InChI is InChI=1S/C27H27N3O2/c1-4-29(17-21-10-6-5-7-11-21)25-24(22-14-13-19(2)20(3)16-22)26(31)30(27(25)32)18-23-12-8-9-15-28-23/h5-16H,4,17-18H2,1-3H3. The van der Waals surface area contributed by atoms with Crippen molar-refractivity contribution in [2.75, 3.05) is 6.54 Å². The Labute approximate surface area is 189 Å². The molecule has 0 bridgehead atoms. The zero-order valence-corrected chi connectivity index (χ0v) is 18.7. The molecule has 0 fully saturated rings. The third-order valence-electron chi connectivity index (χ3n) is 5.90. The van der Waals surface area contributed by atoms with Gasteiger partial charge >= 0.3 is 0 Å². The number of rotatable bonds is 7. The van der Waals surface area contributed by atoms with E-state index in [9.17, 15) is 9.59 Å². The lowest BCUT2D eigenvalue weighted by atomic mass is 9.99. The van der Waals surface area contributed by atoms with Crippen molar-refractivity contribution < 1.29 is 9.59 Å². The highest BCUT2D eigenvalue weighted by atomic mass is 16.2. The van der Waals surface area contributed by atoms with E-state index in [1.807, 2.05) is 92.4 Å². The predicted molar refractivity (Wildman–Crippen MR) is 125 cm³/mol. The average Bonchev–Trinajstić information content (AvgIpc) is 3.05. The van der Waals surface area contributed by atoms with Gasteiger partial charge in [-0.25, -0.2) is 0 Å². The second-order valence-corrected chi connectivity index (χ2v) is 8.04. The van der Waals surface area contributed by atoms with Crippen molar-refractivity contribution in [2.45, 2.75) is 33.9 Å². The maximum Gasteiger partial charge on any atom is 0.278 e. The first-order valence-corrected chi connectivity index (χ1v) is 10.9. The van der Waals surface area contributed by atoms with Gasteiger partial charge in [-0.3, -0.25) is 19.5 Å². The van der Waals surface area contributed by atoms with Crippen LogP contribution in [-0.2, 0) is 22.7 Å². The summed E-state index contributed by atoms with van der Waals surface area (Å²) < 4.78 is 0. The topological polar surface area (TPSA) is 53.5 Å². The number of nitrogens with zero attached hydrogens (tertiary/aromatic N) is 3. The van der Waals surface area contributed by atoms with Crippen LogP contribution in [0.3, 0.4) is 0 Å². The summed E-state index contributed by atoms with van der Waals surface area (Å²) in [6.45, 7) is 7.38. The Kier molecular flexibility index (Phi) is 6.17. The normalized spacial score (nSPS) is 13.8. The van der Waals surface area contributed by atoms with Gasteiger partial charge in [-0.1, -0.05) is 54.6 Å². The van der Waals surface area contributed by atoms with E-state index in [0.29, 0.717) is 30.1 Å². The highest BCUT2D eigenvalue weighted by molar-refractivity contribution is 6.35. The minimum atomic E-state index is -0.273. The van der Waals surface area contributed by atoms with E-state index in [4.69, 9.17) is 0 Å². The molecule has 0 spiro atoms. The zero-order chi connectivity index (χ0) is 22.7. The van der Waals surface area contributed by atoms with Crippen LogP contribution in [0.15, 0.2) is 78.6 Å². The fraction of sp³-hybridized carbons (Fsp3) is 0.222. The van der Waals surface area contributed by atoms with Gasteiger partial charge in [0.1, 0.15) is 5.70 Å². The summed E-state index contributed by atoms with van der Waals surface area (Å²) in [6, 6.07) is 21.4. The average molecular weight is 426 g/mol. The molecule has 32 heavy (non-hydrogen) atoms. The van der Waals surface area contributed by atoms with Crippen molar-refractivity contribution in [1.29, 1.82) is 0 Å². The van der Waals surface area contributed by atoms with Crippen molar-refractivity contribution >= 4 is 17.4 Å². The van der Waals surface area contributed by atoms with Crippen LogP contribution in [0.4, 0.5) is 0 Å². The molecule has 1 aliphatic heterocycles. The van der Waals surface area contributed by atoms with Gasteiger partial charge in [-0.2, -0.15) is 0 Å². The number of aromatic nitrogens is 1. The smallest absolute Gasteiger partial charge is 0.278 e. The van der Waals surface area contributed by atoms with Crippen molar-refractivity contribution in [1.82, 2.24) is 14.8 Å². The molecule has 0 aliphatic carbocycles. The largest absolute Gasteiger partial charge is 0.362 e. The summed E-state index contributed by atoms with van der Waals surface area (Å²) in [4.78, 5) is 34.8. The highest BCUT2D eigenvalue weighted by Gasteiger charge is 2.41. The molecule has 162 valence electrons. The Morgan fingerprint density at radius 2 is 1.62 bits per heavy atom. The zero-order valence-electron chi connectivity index (χ0n) is 18.7. The number of aryl methyl sites for hydroxylation is 2. The Morgan fingerprint density at radius 3 is 2.28 bits per heavy atom. The van der Waals surface area contributed by atoms with E-state index in [0.717, 1.165) is 22.3 Å². The predicted octanol–water partition coefficient (Wildman–Crippen LogP) is 4.50. The van der Waals surface area contributed by atoms with E-state index < -0.39 is 0 Å². The van der Waals surface area contributed by atoms with Crippen LogP contribution >= 0.6 is 0 Å². The molecule has 0 unspecified atom stereocenters. The maximum absolute atomic E-state index is 13.6. The van der Waals surface area contributed by atoms with Gasteiger partial charge in [0.25, 0.3) is 11.8 Å². The molecule has 3 aromatic rings. The quantitative estimate of drug-likeness (QED) is 0.523. The fourth-order valence-electron chi connectivity index (χ4n) is 3.96. The molecular formula is C27H27N3O2. The molecule has 2 amide bonds. The number of benzene rings is 2. The number of hydrogen-bond acceptors (Lipinski definition) is 4. The highest BCUT2D eigenvalue weighted by Crippen LogP contribution is 2.34. The van der Waals surface area contributed by atoms with Crippen LogP contribution < -0.4 is 0 Å². The molecule has 1 aromatic heterocycles. The molecule has 2 heterocycles. The van der Waals surface area contributed by atoms with Gasteiger partial charge in [0.05, 0.1) is 17.8 Å². The number of imide groups is 1. The van der Waals surface area contributed by atoms with Gasteiger partial charge in [-0.15, -0.1) is 0 Å². The van der Waals surface area contributed by atoms with E-state index in [1.54, 1.807) is 6.20 Å². The molecule has 0 saturated carbocycles. The van der Waals surface area contributed by atoms with Crippen LogP contribution in [0.1, 0.15) is 34.9 Å². The minimum absolute atomic E-state index is 0.152. The fourth-order valence-corrected chi connectivity index (χ4v) is 3.96.